The van der Waals surface area contributed by atoms with Crippen molar-refractivity contribution in [2.75, 3.05) is 4.90 Å². The quantitative estimate of drug-likeness (QED) is 0.423. The Morgan fingerprint density at radius 1 is 0.889 bits per heavy atom. The molecule has 4 heteroatoms. The molecule has 0 spiro atoms. The van der Waals surface area contributed by atoms with E-state index < -0.39 is 6.04 Å². The van der Waals surface area contributed by atoms with Crippen molar-refractivity contribution < 1.29 is 9.53 Å². The first-order chi connectivity index (χ1) is 13.3. The van der Waals surface area contributed by atoms with Crippen LogP contribution in [0.5, 0.6) is 5.75 Å². The second-order valence-corrected chi connectivity index (χ2v) is 6.69. The molecular formula is C23H18N2O2. The molecule has 0 bridgehead atoms. The standard InChI is InChI=1S/C23H18N2O2/c26-23-22(18-14-24-19-11-5-4-10-17(18)19)25(15-16-8-2-1-3-9-16)20-12-6-7-13-21(20)27-23/h1-14,22,24H,15H2. The minimum atomic E-state index is -0.503. The fraction of sp³-hybridized carbons (Fsp3) is 0.0870. The van der Waals surface area contributed by atoms with Crippen LogP contribution in [0.1, 0.15) is 17.2 Å². The molecule has 0 amide bonds. The number of carbonyl (C=O) groups excluding carboxylic acids is 1. The normalized spacial score (nSPS) is 16.2. The number of aromatic amines is 1. The van der Waals surface area contributed by atoms with E-state index in [0.29, 0.717) is 12.3 Å². The first-order valence-electron chi connectivity index (χ1n) is 8.98. The average Bonchev–Trinajstić information content (AvgIpc) is 3.13. The molecular weight excluding hydrogens is 336 g/mol. The summed E-state index contributed by atoms with van der Waals surface area (Å²) in [7, 11) is 0. The van der Waals surface area contributed by atoms with Crippen LogP contribution in [0.4, 0.5) is 5.69 Å². The van der Waals surface area contributed by atoms with E-state index in [-0.39, 0.29) is 5.97 Å². The lowest BCUT2D eigenvalue weighted by Crippen LogP contribution is -2.40. The smallest absolute Gasteiger partial charge is 0.339 e. The lowest BCUT2D eigenvalue weighted by Gasteiger charge is -2.37. The van der Waals surface area contributed by atoms with Crippen LogP contribution in [0, 0.1) is 0 Å². The number of benzene rings is 3. The van der Waals surface area contributed by atoms with Crippen molar-refractivity contribution in [2.45, 2.75) is 12.6 Å². The third-order valence-corrected chi connectivity index (χ3v) is 5.03. The highest BCUT2D eigenvalue weighted by Gasteiger charge is 2.37. The summed E-state index contributed by atoms with van der Waals surface area (Å²) in [6.07, 6.45) is 1.92. The van der Waals surface area contributed by atoms with Crippen LogP contribution in [0.15, 0.2) is 85.1 Å². The van der Waals surface area contributed by atoms with Gasteiger partial charge in [0.1, 0.15) is 0 Å². The Labute approximate surface area is 157 Å². The summed E-state index contributed by atoms with van der Waals surface area (Å²) in [4.78, 5) is 18.4. The fourth-order valence-corrected chi connectivity index (χ4v) is 3.78. The monoisotopic (exact) mass is 354 g/mol. The molecule has 4 aromatic rings. The van der Waals surface area contributed by atoms with E-state index in [4.69, 9.17) is 4.74 Å². The number of esters is 1. The number of carbonyl (C=O) groups is 1. The Morgan fingerprint density at radius 3 is 2.52 bits per heavy atom. The Balaban J connectivity index is 1.66. The van der Waals surface area contributed by atoms with Crippen LogP contribution in [-0.4, -0.2) is 11.0 Å². The highest BCUT2D eigenvalue weighted by molar-refractivity contribution is 5.95. The number of aromatic nitrogens is 1. The molecule has 1 N–H and O–H groups in total. The molecule has 0 saturated heterocycles. The molecule has 4 nitrogen and oxygen atoms in total. The van der Waals surface area contributed by atoms with Gasteiger partial charge in [-0.1, -0.05) is 60.7 Å². The Morgan fingerprint density at radius 2 is 1.63 bits per heavy atom. The second kappa shape index (κ2) is 6.32. The number of ether oxygens (including phenoxy) is 1. The zero-order valence-corrected chi connectivity index (χ0v) is 14.6. The van der Waals surface area contributed by atoms with Gasteiger partial charge in [0.05, 0.1) is 5.69 Å². The predicted octanol–water partition coefficient (Wildman–Crippen LogP) is 4.83. The van der Waals surface area contributed by atoms with Crippen molar-refractivity contribution in [1.29, 1.82) is 0 Å². The molecule has 5 rings (SSSR count). The number of nitrogens with one attached hydrogen (secondary N) is 1. The molecule has 0 aliphatic carbocycles. The van der Waals surface area contributed by atoms with Gasteiger partial charge in [-0.05, 0) is 23.8 Å². The van der Waals surface area contributed by atoms with Crippen LogP contribution in [0.2, 0.25) is 0 Å². The zero-order valence-electron chi connectivity index (χ0n) is 14.6. The van der Waals surface area contributed by atoms with Gasteiger partial charge in [-0.3, -0.25) is 0 Å². The molecule has 1 aliphatic heterocycles. The van der Waals surface area contributed by atoms with Gasteiger partial charge in [-0.2, -0.15) is 0 Å². The number of H-pyrrole nitrogens is 1. The first-order valence-corrected chi connectivity index (χ1v) is 8.98. The van der Waals surface area contributed by atoms with Crippen LogP contribution < -0.4 is 9.64 Å². The van der Waals surface area contributed by atoms with E-state index in [1.165, 1.54) is 0 Å². The molecule has 1 aliphatic rings. The van der Waals surface area contributed by atoms with E-state index in [1.54, 1.807) is 0 Å². The number of rotatable bonds is 3. The van der Waals surface area contributed by atoms with Crippen molar-refractivity contribution in [3.8, 4) is 5.75 Å². The molecule has 132 valence electrons. The van der Waals surface area contributed by atoms with Gasteiger partial charge in [-0.25, -0.2) is 4.79 Å². The second-order valence-electron chi connectivity index (χ2n) is 6.69. The summed E-state index contributed by atoms with van der Waals surface area (Å²) in [6.45, 7) is 0.622. The summed E-state index contributed by atoms with van der Waals surface area (Å²) >= 11 is 0. The SMILES string of the molecule is O=C1Oc2ccccc2N(Cc2ccccc2)C1c1c[nH]c2ccccc12. The molecule has 0 saturated carbocycles. The van der Waals surface area contributed by atoms with Gasteiger partial charge in [-0.15, -0.1) is 0 Å². The molecule has 2 heterocycles. The maximum absolute atomic E-state index is 13.0. The van der Waals surface area contributed by atoms with E-state index in [2.05, 4.69) is 22.0 Å². The molecule has 1 aromatic heterocycles. The minimum Gasteiger partial charge on any atom is -0.423 e. The minimum absolute atomic E-state index is 0.255. The van der Waals surface area contributed by atoms with E-state index >= 15 is 0 Å². The number of hydrogen-bond donors (Lipinski definition) is 1. The van der Waals surface area contributed by atoms with E-state index in [1.807, 2.05) is 72.9 Å². The van der Waals surface area contributed by atoms with Crippen LogP contribution in [0.3, 0.4) is 0 Å². The zero-order chi connectivity index (χ0) is 18.2. The number of para-hydroxylation sites is 3. The van der Waals surface area contributed by atoms with Crippen molar-refractivity contribution in [2.24, 2.45) is 0 Å². The van der Waals surface area contributed by atoms with Crippen molar-refractivity contribution >= 4 is 22.6 Å². The Kier molecular flexibility index (Phi) is 3.68. The van der Waals surface area contributed by atoms with Crippen LogP contribution in [-0.2, 0) is 11.3 Å². The van der Waals surface area contributed by atoms with E-state index in [9.17, 15) is 4.79 Å². The van der Waals surface area contributed by atoms with Gasteiger partial charge in [0.15, 0.2) is 11.8 Å². The number of fused-ring (bicyclic) bond motifs is 2. The Hall–Kier alpha value is -3.53. The fourth-order valence-electron chi connectivity index (χ4n) is 3.78. The molecule has 0 radical (unpaired) electrons. The maximum atomic E-state index is 13.0. The summed E-state index contributed by atoms with van der Waals surface area (Å²) < 4.78 is 5.69. The lowest BCUT2D eigenvalue weighted by molar-refractivity contribution is -0.136. The van der Waals surface area contributed by atoms with Gasteiger partial charge >= 0.3 is 5.97 Å². The Bertz CT molecular complexity index is 1120. The average molecular weight is 354 g/mol. The number of anilines is 1. The van der Waals surface area contributed by atoms with Gasteiger partial charge in [0, 0.05) is 29.2 Å². The molecule has 27 heavy (non-hydrogen) atoms. The van der Waals surface area contributed by atoms with Crippen LogP contribution in [0.25, 0.3) is 10.9 Å². The summed E-state index contributed by atoms with van der Waals surface area (Å²) in [6, 6.07) is 25.4. The van der Waals surface area contributed by atoms with Crippen LogP contribution >= 0.6 is 0 Å². The summed E-state index contributed by atoms with van der Waals surface area (Å²) in [5.41, 5.74) is 4.02. The van der Waals surface area contributed by atoms with Gasteiger partial charge in [0.25, 0.3) is 0 Å². The van der Waals surface area contributed by atoms with Crippen molar-refractivity contribution in [3.05, 3.63) is 96.2 Å². The molecule has 1 atom stereocenters. The highest BCUT2D eigenvalue weighted by atomic mass is 16.5. The van der Waals surface area contributed by atoms with E-state index in [0.717, 1.165) is 27.7 Å². The van der Waals surface area contributed by atoms with Gasteiger partial charge < -0.3 is 14.6 Å². The number of nitrogens with zero attached hydrogens (tertiary/aromatic N) is 1. The lowest BCUT2D eigenvalue weighted by atomic mass is 10.0. The topological polar surface area (TPSA) is 45.3 Å². The predicted molar refractivity (Wildman–Crippen MR) is 106 cm³/mol. The number of hydrogen-bond acceptors (Lipinski definition) is 3. The van der Waals surface area contributed by atoms with Crippen molar-refractivity contribution in [3.63, 3.8) is 0 Å². The maximum Gasteiger partial charge on any atom is 0.339 e. The third kappa shape index (κ3) is 2.66. The van der Waals surface area contributed by atoms with Crippen molar-refractivity contribution in [1.82, 2.24) is 4.98 Å². The third-order valence-electron chi connectivity index (χ3n) is 5.03. The molecule has 1 unspecified atom stereocenters. The molecule has 0 fully saturated rings. The van der Waals surface area contributed by atoms with Gasteiger partial charge in [0.2, 0.25) is 0 Å². The summed E-state index contributed by atoms with van der Waals surface area (Å²) in [5.74, 6) is 0.351. The summed E-state index contributed by atoms with van der Waals surface area (Å²) in [5, 5.41) is 1.04. The molecule has 3 aromatic carbocycles. The largest absolute Gasteiger partial charge is 0.423 e. The first kappa shape index (κ1) is 15.7. The highest BCUT2D eigenvalue weighted by Crippen LogP contribution is 2.42.